The maximum absolute atomic E-state index is 12.1. The van der Waals surface area contributed by atoms with Crippen LogP contribution in [0.25, 0.3) is 0 Å². The van der Waals surface area contributed by atoms with Crippen LogP contribution in [0.15, 0.2) is 24.3 Å². The second kappa shape index (κ2) is 8.35. The molecule has 134 valence electrons. The van der Waals surface area contributed by atoms with Gasteiger partial charge in [0, 0.05) is 30.4 Å². The number of anilines is 1. The molecule has 0 spiro atoms. The lowest BCUT2D eigenvalue weighted by Gasteiger charge is -2.32. The number of nitrogens with one attached hydrogen (secondary N) is 2. The molecule has 2 amide bonds. The molecule has 1 aliphatic rings. The van der Waals surface area contributed by atoms with Crippen molar-refractivity contribution in [1.29, 1.82) is 0 Å². The van der Waals surface area contributed by atoms with E-state index in [1.807, 2.05) is 38.4 Å². The van der Waals surface area contributed by atoms with Gasteiger partial charge in [-0.05, 0) is 52.9 Å². The number of amides is 2. The molecule has 0 radical (unpaired) electrons. The summed E-state index contributed by atoms with van der Waals surface area (Å²) in [5, 5.41) is 5.74. The normalized spacial score (nSPS) is 17.8. The molecule has 1 heterocycles. The Balaban J connectivity index is 1.81. The third-order valence-corrected chi connectivity index (χ3v) is 4.44. The Kier molecular flexibility index (Phi) is 6.45. The van der Waals surface area contributed by atoms with Crippen LogP contribution in [0.4, 0.5) is 10.5 Å². The van der Waals surface area contributed by atoms with Crippen LogP contribution in [0.3, 0.4) is 0 Å². The van der Waals surface area contributed by atoms with Crippen LogP contribution >= 0.6 is 0 Å². The van der Waals surface area contributed by atoms with Gasteiger partial charge in [-0.2, -0.15) is 0 Å². The first-order valence-corrected chi connectivity index (χ1v) is 8.43. The van der Waals surface area contributed by atoms with E-state index < -0.39 is 0 Å². The summed E-state index contributed by atoms with van der Waals surface area (Å²) in [6.45, 7) is 6.08. The maximum atomic E-state index is 12.1. The fourth-order valence-electron chi connectivity index (χ4n) is 2.26. The fourth-order valence-corrected chi connectivity index (χ4v) is 2.26. The first-order valence-electron chi connectivity index (χ1n) is 8.43. The highest BCUT2D eigenvalue weighted by molar-refractivity contribution is 5.89. The molecular weight excluding hydrogens is 306 g/mol. The van der Waals surface area contributed by atoms with Gasteiger partial charge in [0.15, 0.2) is 0 Å². The number of nitrogens with zero attached hydrogens (tertiary/aromatic N) is 1. The quantitative estimate of drug-likeness (QED) is 0.804. The predicted molar refractivity (Wildman–Crippen MR) is 95.7 cm³/mol. The Hall–Kier alpha value is -1.79. The molecule has 1 aromatic rings. The average Bonchev–Trinajstić information content (AvgIpc) is 3.05. The number of hydrogen-bond acceptors (Lipinski definition) is 4. The van der Waals surface area contributed by atoms with Gasteiger partial charge in [0.1, 0.15) is 12.4 Å². The minimum absolute atomic E-state index is 0.108. The van der Waals surface area contributed by atoms with Gasteiger partial charge in [-0.25, -0.2) is 4.79 Å². The third kappa shape index (κ3) is 5.69. The fraction of sp³-hybridized carbons (Fsp3) is 0.611. The first kappa shape index (κ1) is 18.5. The summed E-state index contributed by atoms with van der Waals surface area (Å²) >= 11 is 0. The number of carbonyl (C=O) groups is 1. The first-order chi connectivity index (χ1) is 11.4. The number of hydrogen-bond donors (Lipinski definition) is 2. The van der Waals surface area contributed by atoms with E-state index in [1.165, 1.54) is 0 Å². The van der Waals surface area contributed by atoms with E-state index in [1.54, 1.807) is 0 Å². The van der Waals surface area contributed by atoms with E-state index in [-0.39, 0.29) is 17.7 Å². The Morgan fingerprint density at radius 1 is 1.42 bits per heavy atom. The van der Waals surface area contributed by atoms with Crippen LogP contribution < -0.4 is 15.4 Å². The van der Waals surface area contributed by atoms with Crippen molar-refractivity contribution in [3.8, 4) is 5.75 Å². The molecular formula is C18H29N3O3. The number of benzene rings is 1. The zero-order valence-corrected chi connectivity index (χ0v) is 15.1. The molecule has 0 unspecified atom stereocenters. The van der Waals surface area contributed by atoms with Crippen molar-refractivity contribution in [2.24, 2.45) is 0 Å². The van der Waals surface area contributed by atoms with Gasteiger partial charge >= 0.3 is 6.03 Å². The number of rotatable bonds is 7. The lowest BCUT2D eigenvalue weighted by molar-refractivity contribution is 0.0680. The molecule has 1 atom stereocenters. The summed E-state index contributed by atoms with van der Waals surface area (Å²) in [6.07, 6.45) is 2.32. The summed E-state index contributed by atoms with van der Waals surface area (Å²) in [4.78, 5) is 14.1. The highest BCUT2D eigenvalue weighted by atomic mass is 16.5. The molecule has 1 saturated heterocycles. The summed E-state index contributed by atoms with van der Waals surface area (Å²) in [7, 11) is 3.99. The van der Waals surface area contributed by atoms with E-state index in [2.05, 4.69) is 29.4 Å². The number of likely N-dealkylation sites (N-methyl/N-ethyl adjacent to an activating group) is 1. The van der Waals surface area contributed by atoms with Gasteiger partial charge in [0.25, 0.3) is 0 Å². The molecule has 2 rings (SSSR count). The third-order valence-electron chi connectivity index (χ3n) is 4.44. The molecule has 0 aromatic heterocycles. The van der Waals surface area contributed by atoms with Crippen LogP contribution in [0.1, 0.15) is 26.7 Å². The molecule has 0 aliphatic carbocycles. The zero-order valence-electron chi connectivity index (χ0n) is 15.1. The van der Waals surface area contributed by atoms with Crippen LogP contribution in [-0.4, -0.2) is 56.4 Å². The number of urea groups is 1. The molecule has 6 nitrogen and oxygen atoms in total. The maximum Gasteiger partial charge on any atom is 0.319 e. The van der Waals surface area contributed by atoms with Crippen LogP contribution in [0.2, 0.25) is 0 Å². The van der Waals surface area contributed by atoms with Crippen molar-refractivity contribution in [3.05, 3.63) is 24.3 Å². The van der Waals surface area contributed by atoms with Crippen LogP contribution in [0, 0.1) is 0 Å². The Labute approximate surface area is 144 Å². The second-order valence-electron chi connectivity index (χ2n) is 6.99. The van der Waals surface area contributed by atoms with E-state index in [0.717, 1.165) is 25.2 Å². The smallest absolute Gasteiger partial charge is 0.319 e. The standard InChI is InChI=1S/C18H29N3O3/c1-18(2,21(3)4)13-19-17(22)20-14-7-5-8-15(11-14)24-12-16-9-6-10-23-16/h5,7-8,11,16H,6,9-10,12-13H2,1-4H3,(H2,19,20,22)/t16-/m0/s1. The van der Waals surface area contributed by atoms with E-state index in [4.69, 9.17) is 9.47 Å². The summed E-state index contributed by atoms with van der Waals surface area (Å²) in [5.74, 6) is 0.733. The van der Waals surface area contributed by atoms with Crippen molar-refractivity contribution in [3.63, 3.8) is 0 Å². The summed E-state index contributed by atoms with van der Waals surface area (Å²) < 4.78 is 11.3. The highest BCUT2D eigenvalue weighted by Crippen LogP contribution is 2.19. The van der Waals surface area contributed by atoms with Gasteiger partial charge in [-0.1, -0.05) is 6.07 Å². The predicted octanol–water partition coefficient (Wildman–Crippen LogP) is 2.71. The van der Waals surface area contributed by atoms with Gasteiger partial charge in [0.2, 0.25) is 0 Å². The lowest BCUT2D eigenvalue weighted by atomic mass is 10.1. The lowest BCUT2D eigenvalue weighted by Crippen LogP contribution is -2.49. The SMILES string of the molecule is CN(C)C(C)(C)CNC(=O)Nc1cccc(OC[C@@H]2CCCO2)c1. The molecule has 24 heavy (non-hydrogen) atoms. The molecule has 0 saturated carbocycles. The second-order valence-corrected chi connectivity index (χ2v) is 6.99. The minimum Gasteiger partial charge on any atom is -0.491 e. The Morgan fingerprint density at radius 3 is 2.88 bits per heavy atom. The van der Waals surface area contributed by atoms with Gasteiger partial charge in [-0.3, -0.25) is 0 Å². The van der Waals surface area contributed by atoms with Crippen LogP contribution in [0.5, 0.6) is 5.75 Å². The number of carbonyl (C=O) groups excluding carboxylic acids is 1. The molecule has 2 N–H and O–H groups in total. The van der Waals surface area contributed by atoms with Gasteiger partial charge < -0.3 is 25.0 Å². The van der Waals surface area contributed by atoms with Crippen molar-refractivity contribution in [2.75, 3.05) is 39.2 Å². The molecule has 1 fully saturated rings. The highest BCUT2D eigenvalue weighted by Gasteiger charge is 2.21. The molecule has 6 heteroatoms. The molecule has 1 aromatic carbocycles. The molecule has 0 bridgehead atoms. The summed E-state index contributed by atoms with van der Waals surface area (Å²) in [5.41, 5.74) is 0.601. The zero-order chi connectivity index (χ0) is 17.6. The van der Waals surface area contributed by atoms with E-state index in [0.29, 0.717) is 18.8 Å². The average molecular weight is 335 g/mol. The Morgan fingerprint density at radius 2 is 2.21 bits per heavy atom. The Bertz CT molecular complexity index is 540. The van der Waals surface area contributed by atoms with Crippen molar-refractivity contribution < 1.29 is 14.3 Å². The topological polar surface area (TPSA) is 62.8 Å². The van der Waals surface area contributed by atoms with Gasteiger partial charge in [-0.15, -0.1) is 0 Å². The van der Waals surface area contributed by atoms with Crippen molar-refractivity contribution in [1.82, 2.24) is 10.2 Å². The largest absolute Gasteiger partial charge is 0.491 e. The van der Waals surface area contributed by atoms with Crippen LogP contribution in [-0.2, 0) is 4.74 Å². The summed E-state index contributed by atoms with van der Waals surface area (Å²) in [6, 6.07) is 7.19. The monoisotopic (exact) mass is 335 g/mol. The minimum atomic E-state index is -0.221. The van der Waals surface area contributed by atoms with Crippen molar-refractivity contribution in [2.45, 2.75) is 38.3 Å². The van der Waals surface area contributed by atoms with Gasteiger partial charge in [0.05, 0.1) is 6.10 Å². The van der Waals surface area contributed by atoms with E-state index in [9.17, 15) is 4.79 Å². The van der Waals surface area contributed by atoms with Crippen molar-refractivity contribution >= 4 is 11.7 Å². The van der Waals surface area contributed by atoms with E-state index >= 15 is 0 Å². The number of ether oxygens (including phenoxy) is 2. The molecule has 1 aliphatic heterocycles.